The van der Waals surface area contributed by atoms with Gasteiger partial charge < -0.3 is 4.90 Å². The molecule has 1 fully saturated rings. The van der Waals surface area contributed by atoms with Gasteiger partial charge >= 0.3 is 0 Å². The molecular formula is C17H17NOS. The molecule has 0 saturated heterocycles. The van der Waals surface area contributed by atoms with Gasteiger partial charge in [0.05, 0.1) is 0 Å². The first-order chi connectivity index (χ1) is 9.83. The molecule has 1 aromatic carbocycles. The van der Waals surface area contributed by atoms with Crippen molar-refractivity contribution in [2.75, 3.05) is 11.4 Å². The number of carbonyl (C=O) groups is 1. The first kappa shape index (κ1) is 12.2. The van der Waals surface area contributed by atoms with E-state index in [1.807, 2.05) is 4.90 Å². The van der Waals surface area contributed by atoms with Crippen molar-refractivity contribution in [2.24, 2.45) is 5.92 Å². The number of hydrogen-bond acceptors (Lipinski definition) is 2. The molecule has 0 radical (unpaired) electrons. The Morgan fingerprint density at radius 3 is 2.80 bits per heavy atom. The molecule has 0 unspecified atom stereocenters. The average Bonchev–Trinajstić information content (AvgIpc) is 3.05. The Bertz CT molecular complexity index is 643. The van der Waals surface area contributed by atoms with E-state index in [1.165, 1.54) is 23.1 Å². The van der Waals surface area contributed by atoms with Crippen LogP contribution < -0.4 is 4.90 Å². The average molecular weight is 283 g/mol. The Labute approximate surface area is 123 Å². The molecule has 2 aliphatic rings. The Hall–Kier alpha value is -1.61. The normalized spacial score (nSPS) is 17.9. The lowest BCUT2D eigenvalue weighted by Crippen LogP contribution is -2.37. The topological polar surface area (TPSA) is 20.3 Å². The molecule has 0 bridgehead atoms. The molecule has 3 heteroatoms. The number of amides is 1. The van der Waals surface area contributed by atoms with E-state index in [0.29, 0.717) is 5.91 Å². The maximum Gasteiger partial charge on any atom is 0.230 e. The molecular weight excluding hydrogens is 266 g/mol. The highest BCUT2D eigenvalue weighted by Gasteiger charge is 2.33. The number of nitrogens with zero attached hydrogens (tertiary/aromatic N) is 1. The summed E-state index contributed by atoms with van der Waals surface area (Å²) < 4.78 is 0. The predicted octanol–water partition coefficient (Wildman–Crippen LogP) is 4.10. The molecule has 2 heterocycles. The lowest BCUT2D eigenvalue weighted by atomic mass is 9.84. The zero-order valence-electron chi connectivity index (χ0n) is 11.3. The molecule has 2 nitrogen and oxygen atoms in total. The molecule has 20 heavy (non-hydrogen) atoms. The van der Waals surface area contributed by atoms with Crippen LogP contribution in [0.2, 0.25) is 0 Å². The van der Waals surface area contributed by atoms with Crippen LogP contribution >= 0.6 is 11.3 Å². The zero-order chi connectivity index (χ0) is 13.5. The number of anilines is 1. The minimum Gasteiger partial charge on any atom is -0.312 e. The van der Waals surface area contributed by atoms with Crippen LogP contribution in [0, 0.1) is 5.92 Å². The summed E-state index contributed by atoms with van der Waals surface area (Å²) in [5, 5.41) is 4.28. The van der Waals surface area contributed by atoms with Gasteiger partial charge in [0.2, 0.25) is 5.91 Å². The van der Waals surface area contributed by atoms with Gasteiger partial charge in [0.1, 0.15) is 0 Å². The van der Waals surface area contributed by atoms with Crippen molar-refractivity contribution < 1.29 is 4.79 Å². The summed E-state index contributed by atoms with van der Waals surface area (Å²) in [6.07, 6.45) is 4.37. The molecule has 0 atom stereocenters. The number of rotatable bonds is 2. The lowest BCUT2D eigenvalue weighted by Gasteiger charge is -2.29. The molecule has 0 N–H and O–H groups in total. The summed E-state index contributed by atoms with van der Waals surface area (Å²) in [7, 11) is 0. The quantitative estimate of drug-likeness (QED) is 0.812. The highest BCUT2D eigenvalue weighted by atomic mass is 32.1. The second kappa shape index (κ2) is 4.74. The first-order valence-electron chi connectivity index (χ1n) is 7.30. The van der Waals surface area contributed by atoms with Crippen molar-refractivity contribution in [3.8, 4) is 11.1 Å². The lowest BCUT2D eigenvalue weighted by molar-refractivity contribution is -0.124. The molecule has 1 amide bonds. The van der Waals surface area contributed by atoms with Crippen LogP contribution in [0.5, 0.6) is 0 Å². The van der Waals surface area contributed by atoms with E-state index < -0.39 is 0 Å². The van der Waals surface area contributed by atoms with Crippen LogP contribution in [0.4, 0.5) is 5.69 Å². The third kappa shape index (κ3) is 1.88. The van der Waals surface area contributed by atoms with E-state index in [1.54, 1.807) is 11.3 Å². The monoisotopic (exact) mass is 283 g/mol. The number of benzene rings is 1. The minimum atomic E-state index is 0.289. The van der Waals surface area contributed by atoms with Gasteiger partial charge in [0.25, 0.3) is 0 Å². The largest absolute Gasteiger partial charge is 0.312 e. The van der Waals surface area contributed by atoms with Crippen molar-refractivity contribution in [1.29, 1.82) is 0 Å². The van der Waals surface area contributed by atoms with Crippen molar-refractivity contribution in [3.05, 3.63) is 40.6 Å². The fraction of sp³-hybridized carbons (Fsp3) is 0.353. The maximum atomic E-state index is 12.4. The number of fused-ring (bicyclic) bond motifs is 1. The molecule has 4 rings (SSSR count). The van der Waals surface area contributed by atoms with Crippen LogP contribution in [-0.4, -0.2) is 12.5 Å². The fourth-order valence-corrected chi connectivity index (χ4v) is 3.78. The Balaban J connectivity index is 1.64. The zero-order valence-corrected chi connectivity index (χ0v) is 12.2. The van der Waals surface area contributed by atoms with Gasteiger partial charge in [0, 0.05) is 18.2 Å². The van der Waals surface area contributed by atoms with Gasteiger partial charge in [0.15, 0.2) is 0 Å². The highest BCUT2D eigenvalue weighted by Crippen LogP contribution is 2.36. The van der Waals surface area contributed by atoms with E-state index in [9.17, 15) is 4.79 Å². The SMILES string of the molecule is O=C(C1CCC1)N1CCc2cc(-c3ccsc3)ccc21. The summed E-state index contributed by atoms with van der Waals surface area (Å²) in [5.74, 6) is 0.635. The third-order valence-electron chi connectivity index (χ3n) is 4.55. The molecule has 1 saturated carbocycles. The summed E-state index contributed by atoms with van der Waals surface area (Å²) in [6, 6.07) is 8.68. The molecule has 102 valence electrons. The van der Waals surface area contributed by atoms with Crippen molar-refractivity contribution in [1.82, 2.24) is 0 Å². The van der Waals surface area contributed by atoms with E-state index in [4.69, 9.17) is 0 Å². The second-order valence-electron chi connectivity index (χ2n) is 5.72. The second-order valence-corrected chi connectivity index (χ2v) is 6.50. The van der Waals surface area contributed by atoms with Crippen LogP contribution in [0.25, 0.3) is 11.1 Å². The van der Waals surface area contributed by atoms with E-state index in [2.05, 4.69) is 35.0 Å². The van der Waals surface area contributed by atoms with Crippen LogP contribution in [0.1, 0.15) is 24.8 Å². The van der Waals surface area contributed by atoms with E-state index in [-0.39, 0.29) is 5.92 Å². The summed E-state index contributed by atoms with van der Waals surface area (Å²) in [5.41, 5.74) is 5.01. The molecule has 1 aliphatic carbocycles. The van der Waals surface area contributed by atoms with Gasteiger partial charge in [-0.3, -0.25) is 4.79 Å². The Morgan fingerprint density at radius 1 is 1.20 bits per heavy atom. The van der Waals surface area contributed by atoms with Crippen LogP contribution in [0.3, 0.4) is 0 Å². The molecule has 2 aromatic rings. The smallest absolute Gasteiger partial charge is 0.230 e. The van der Waals surface area contributed by atoms with Gasteiger partial charge in [-0.1, -0.05) is 12.5 Å². The first-order valence-corrected chi connectivity index (χ1v) is 8.24. The van der Waals surface area contributed by atoms with Crippen molar-refractivity contribution in [2.45, 2.75) is 25.7 Å². The van der Waals surface area contributed by atoms with Crippen LogP contribution in [-0.2, 0) is 11.2 Å². The highest BCUT2D eigenvalue weighted by molar-refractivity contribution is 7.08. The summed E-state index contributed by atoms with van der Waals surface area (Å²) in [6.45, 7) is 0.859. The molecule has 1 aromatic heterocycles. The van der Waals surface area contributed by atoms with Gasteiger partial charge in [-0.05, 0) is 64.9 Å². The third-order valence-corrected chi connectivity index (χ3v) is 5.23. The Morgan fingerprint density at radius 2 is 2.10 bits per heavy atom. The van der Waals surface area contributed by atoms with Crippen molar-refractivity contribution in [3.63, 3.8) is 0 Å². The standard InChI is InChI=1S/C17H17NOS/c19-17(12-2-1-3-12)18-8-6-14-10-13(4-5-16(14)18)15-7-9-20-11-15/h4-5,7,9-12H,1-3,6,8H2. The van der Waals surface area contributed by atoms with E-state index in [0.717, 1.165) is 31.5 Å². The number of thiophene rings is 1. The summed E-state index contributed by atoms with van der Waals surface area (Å²) >= 11 is 1.72. The fourth-order valence-electron chi connectivity index (χ4n) is 3.11. The number of hydrogen-bond donors (Lipinski definition) is 0. The van der Waals surface area contributed by atoms with Crippen molar-refractivity contribution >= 4 is 22.9 Å². The van der Waals surface area contributed by atoms with Gasteiger partial charge in [-0.15, -0.1) is 0 Å². The molecule has 0 spiro atoms. The predicted molar refractivity (Wildman–Crippen MR) is 83.2 cm³/mol. The van der Waals surface area contributed by atoms with Crippen LogP contribution in [0.15, 0.2) is 35.0 Å². The maximum absolute atomic E-state index is 12.4. The number of carbonyl (C=O) groups excluding carboxylic acids is 1. The Kier molecular flexibility index (Phi) is 2.88. The van der Waals surface area contributed by atoms with Gasteiger partial charge in [-0.2, -0.15) is 11.3 Å². The summed E-state index contributed by atoms with van der Waals surface area (Å²) in [4.78, 5) is 14.4. The van der Waals surface area contributed by atoms with E-state index >= 15 is 0 Å². The van der Waals surface area contributed by atoms with Gasteiger partial charge in [-0.25, -0.2) is 0 Å². The minimum absolute atomic E-state index is 0.289. The molecule has 1 aliphatic heterocycles.